The molecule has 1 aliphatic rings. The molecule has 5 heteroatoms. The van der Waals surface area contributed by atoms with Crippen molar-refractivity contribution in [2.75, 3.05) is 23.4 Å². The van der Waals surface area contributed by atoms with Gasteiger partial charge in [0, 0.05) is 17.2 Å². The van der Waals surface area contributed by atoms with E-state index in [1.54, 1.807) is 0 Å². The number of benzene rings is 1. The van der Waals surface area contributed by atoms with Gasteiger partial charge in [0.25, 0.3) is 5.91 Å². The Balaban J connectivity index is 1.74. The van der Waals surface area contributed by atoms with Gasteiger partial charge in [-0.25, -0.2) is 5.43 Å². The summed E-state index contributed by atoms with van der Waals surface area (Å²) in [6.07, 6.45) is 0.982. The molecule has 1 aromatic carbocycles. The van der Waals surface area contributed by atoms with E-state index in [9.17, 15) is 4.79 Å². The number of hydrazone groups is 1. The first-order valence-electron chi connectivity index (χ1n) is 5.96. The predicted molar refractivity (Wildman–Crippen MR) is 77.2 cm³/mol. The molecule has 1 aliphatic heterocycles. The Morgan fingerprint density at radius 2 is 2.17 bits per heavy atom. The van der Waals surface area contributed by atoms with Crippen molar-refractivity contribution in [1.29, 1.82) is 0 Å². The lowest BCUT2D eigenvalue weighted by molar-refractivity contribution is -0.119. The van der Waals surface area contributed by atoms with Gasteiger partial charge in [-0.2, -0.15) is 16.9 Å². The van der Waals surface area contributed by atoms with Gasteiger partial charge in [0.15, 0.2) is 0 Å². The van der Waals surface area contributed by atoms with Crippen molar-refractivity contribution in [1.82, 2.24) is 5.43 Å². The summed E-state index contributed by atoms with van der Waals surface area (Å²) >= 11 is 1.85. The van der Waals surface area contributed by atoms with E-state index in [0.717, 1.165) is 29.3 Å². The first-order chi connectivity index (χ1) is 8.74. The number of anilines is 1. The molecule has 0 bridgehead atoms. The maximum atomic E-state index is 11.6. The number of nitrogens with zero attached hydrogens (tertiary/aromatic N) is 1. The fourth-order valence-electron chi connectivity index (χ4n) is 1.57. The summed E-state index contributed by atoms with van der Waals surface area (Å²) in [5.74, 6) is 1.93. The van der Waals surface area contributed by atoms with Crippen molar-refractivity contribution in [3.63, 3.8) is 0 Å². The summed E-state index contributed by atoms with van der Waals surface area (Å²) in [4.78, 5) is 11.6. The van der Waals surface area contributed by atoms with Crippen molar-refractivity contribution in [2.45, 2.75) is 13.3 Å². The number of amides is 1. The summed E-state index contributed by atoms with van der Waals surface area (Å²) in [6.45, 7) is 2.28. The van der Waals surface area contributed by atoms with Gasteiger partial charge in [0.2, 0.25) is 0 Å². The van der Waals surface area contributed by atoms with E-state index in [4.69, 9.17) is 0 Å². The van der Waals surface area contributed by atoms with Gasteiger partial charge in [-0.3, -0.25) is 4.79 Å². The lowest BCUT2D eigenvalue weighted by Gasteiger charge is -2.05. The van der Waals surface area contributed by atoms with Crippen molar-refractivity contribution in [2.24, 2.45) is 5.10 Å². The largest absolute Gasteiger partial charge is 0.376 e. The van der Waals surface area contributed by atoms with E-state index in [0.29, 0.717) is 0 Å². The van der Waals surface area contributed by atoms with Gasteiger partial charge in [0.05, 0.1) is 6.54 Å². The third-order valence-corrected chi connectivity index (χ3v) is 3.68. The summed E-state index contributed by atoms with van der Waals surface area (Å²) in [5.41, 5.74) is 5.80. The second-order valence-electron chi connectivity index (χ2n) is 4.24. The van der Waals surface area contributed by atoms with Crippen LogP contribution in [0.25, 0.3) is 0 Å². The van der Waals surface area contributed by atoms with Crippen LogP contribution in [0, 0.1) is 6.92 Å². The van der Waals surface area contributed by atoms with Gasteiger partial charge < -0.3 is 5.32 Å². The molecule has 2 N–H and O–H groups in total. The third kappa shape index (κ3) is 4.07. The van der Waals surface area contributed by atoms with Crippen LogP contribution in [0.2, 0.25) is 0 Å². The van der Waals surface area contributed by atoms with E-state index in [1.165, 1.54) is 5.56 Å². The van der Waals surface area contributed by atoms with Crippen LogP contribution in [0.3, 0.4) is 0 Å². The number of hydrogen-bond donors (Lipinski definition) is 2. The zero-order valence-electron chi connectivity index (χ0n) is 10.4. The number of nitrogens with one attached hydrogen (secondary N) is 2. The van der Waals surface area contributed by atoms with Crippen LogP contribution < -0.4 is 10.7 Å². The smallest absolute Gasteiger partial charge is 0.259 e. The van der Waals surface area contributed by atoms with Crippen LogP contribution >= 0.6 is 11.8 Å². The molecule has 0 aromatic heterocycles. The highest BCUT2D eigenvalue weighted by molar-refractivity contribution is 8.00. The minimum absolute atomic E-state index is 0.111. The van der Waals surface area contributed by atoms with Crippen LogP contribution in [0.15, 0.2) is 29.4 Å². The number of thioether (sulfide) groups is 1. The van der Waals surface area contributed by atoms with Crippen molar-refractivity contribution >= 4 is 29.1 Å². The predicted octanol–water partition coefficient (Wildman–Crippen LogP) is 2.02. The molecular weight excluding hydrogens is 246 g/mol. The molecule has 0 spiro atoms. The van der Waals surface area contributed by atoms with Gasteiger partial charge in [0.1, 0.15) is 0 Å². The standard InChI is InChI=1S/C13H17N3OS/c1-10-2-4-11(5-3-10)14-8-13(17)16-15-12-6-7-18-9-12/h2-5,14H,6-9H2,1H3,(H,16,17). The van der Waals surface area contributed by atoms with E-state index >= 15 is 0 Å². The van der Waals surface area contributed by atoms with Crippen LogP contribution in [0.4, 0.5) is 5.69 Å². The first kappa shape index (κ1) is 13.0. The van der Waals surface area contributed by atoms with E-state index in [2.05, 4.69) is 15.8 Å². The number of carbonyl (C=O) groups excluding carboxylic acids is 1. The Bertz CT molecular complexity index is 434. The van der Waals surface area contributed by atoms with Crippen molar-refractivity contribution in [3.8, 4) is 0 Å². The number of hydrogen-bond acceptors (Lipinski definition) is 4. The number of rotatable bonds is 4. The van der Waals surface area contributed by atoms with Gasteiger partial charge in [-0.05, 0) is 31.2 Å². The average Bonchev–Trinajstić information content (AvgIpc) is 2.89. The number of aryl methyl sites for hydroxylation is 1. The zero-order valence-corrected chi connectivity index (χ0v) is 11.2. The van der Waals surface area contributed by atoms with Crippen LogP contribution in [0.5, 0.6) is 0 Å². The molecule has 0 unspecified atom stereocenters. The third-order valence-electron chi connectivity index (χ3n) is 2.65. The lowest BCUT2D eigenvalue weighted by Crippen LogP contribution is -2.26. The monoisotopic (exact) mass is 263 g/mol. The Kier molecular flexibility index (Phi) is 4.64. The summed E-state index contributed by atoms with van der Waals surface area (Å²) in [7, 11) is 0. The van der Waals surface area contributed by atoms with Crippen molar-refractivity contribution < 1.29 is 4.79 Å². The van der Waals surface area contributed by atoms with E-state index in [1.807, 2.05) is 43.0 Å². The molecule has 1 heterocycles. The highest BCUT2D eigenvalue weighted by atomic mass is 32.2. The maximum absolute atomic E-state index is 11.6. The Morgan fingerprint density at radius 1 is 1.39 bits per heavy atom. The maximum Gasteiger partial charge on any atom is 0.259 e. The molecule has 1 fully saturated rings. The fourth-order valence-corrected chi connectivity index (χ4v) is 2.54. The van der Waals surface area contributed by atoms with Gasteiger partial charge >= 0.3 is 0 Å². The zero-order chi connectivity index (χ0) is 12.8. The highest BCUT2D eigenvalue weighted by Gasteiger charge is 2.09. The molecule has 0 radical (unpaired) electrons. The van der Waals surface area contributed by atoms with Crippen LogP contribution in [-0.2, 0) is 4.79 Å². The average molecular weight is 263 g/mol. The second-order valence-corrected chi connectivity index (χ2v) is 5.34. The minimum Gasteiger partial charge on any atom is -0.376 e. The topological polar surface area (TPSA) is 53.5 Å². The quantitative estimate of drug-likeness (QED) is 0.817. The van der Waals surface area contributed by atoms with Crippen LogP contribution in [0.1, 0.15) is 12.0 Å². The van der Waals surface area contributed by atoms with Crippen LogP contribution in [-0.4, -0.2) is 29.7 Å². The fraction of sp³-hybridized carbons (Fsp3) is 0.385. The Hall–Kier alpha value is -1.49. The molecule has 96 valence electrons. The molecule has 2 rings (SSSR count). The van der Waals surface area contributed by atoms with Gasteiger partial charge in [-0.15, -0.1) is 0 Å². The van der Waals surface area contributed by atoms with Crippen molar-refractivity contribution in [3.05, 3.63) is 29.8 Å². The van der Waals surface area contributed by atoms with Gasteiger partial charge in [-0.1, -0.05) is 17.7 Å². The summed E-state index contributed by atoms with van der Waals surface area (Å²) < 4.78 is 0. The summed E-state index contributed by atoms with van der Waals surface area (Å²) in [6, 6.07) is 7.94. The van der Waals surface area contributed by atoms with E-state index in [-0.39, 0.29) is 12.5 Å². The number of carbonyl (C=O) groups is 1. The Labute approximate surface area is 111 Å². The first-order valence-corrected chi connectivity index (χ1v) is 7.12. The molecular formula is C13H17N3OS. The molecule has 0 saturated carbocycles. The summed E-state index contributed by atoms with van der Waals surface area (Å²) in [5, 5.41) is 7.17. The molecule has 0 aliphatic carbocycles. The lowest BCUT2D eigenvalue weighted by atomic mass is 10.2. The molecule has 0 atom stereocenters. The normalized spacial score (nSPS) is 16.8. The molecule has 4 nitrogen and oxygen atoms in total. The SMILES string of the molecule is Cc1ccc(NCC(=O)NN=C2CCSC2)cc1. The minimum atomic E-state index is -0.111. The highest BCUT2D eigenvalue weighted by Crippen LogP contribution is 2.13. The Morgan fingerprint density at radius 3 is 2.83 bits per heavy atom. The molecule has 1 saturated heterocycles. The molecule has 1 amide bonds. The molecule has 18 heavy (non-hydrogen) atoms. The van der Waals surface area contributed by atoms with E-state index < -0.39 is 0 Å². The second kappa shape index (κ2) is 6.44. The molecule has 1 aromatic rings.